The molecule has 0 spiro atoms. The summed E-state index contributed by atoms with van der Waals surface area (Å²) in [6, 6.07) is 4.21. The molecule has 0 amide bonds. The Hall–Kier alpha value is -1.49. The van der Waals surface area contributed by atoms with Crippen molar-refractivity contribution in [2.24, 2.45) is 5.92 Å². The number of nitrogens with one attached hydrogen (secondary N) is 1. The molecule has 0 unspecified atom stereocenters. The summed E-state index contributed by atoms with van der Waals surface area (Å²) in [6.45, 7) is 0.679. The van der Waals surface area contributed by atoms with Crippen molar-refractivity contribution < 1.29 is 18.7 Å². The van der Waals surface area contributed by atoms with Crippen LogP contribution in [0.5, 0.6) is 0 Å². The first-order valence-corrected chi connectivity index (χ1v) is 8.92. The Morgan fingerprint density at radius 3 is 2.42 bits per heavy atom. The molecule has 3 rings (SSSR count). The zero-order valence-electron chi connectivity index (χ0n) is 13.9. The summed E-state index contributed by atoms with van der Waals surface area (Å²) < 4.78 is 27.6. The molecule has 2 saturated carbocycles. The van der Waals surface area contributed by atoms with Crippen molar-refractivity contribution >= 4 is 5.97 Å². The topological polar surface area (TPSA) is 49.3 Å². The van der Waals surface area contributed by atoms with Gasteiger partial charge in [0.2, 0.25) is 0 Å². The van der Waals surface area contributed by atoms with Crippen molar-refractivity contribution in [3.63, 3.8) is 0 Å². The molecule has 1 aromatic carbocycles. The molecule has 132 valence electrons. The van der Waals surface area contributed by atoms with E-state index < -0.39 is 17.6 Å². The van der Waals surface area contributed by atoms with E-state index in [9.17, 15) is 13.6 Å². The number of hydrogen-bond donors (Lipinski definition) is 2. The van der Waals surface area contributed by atoms with Crippen molar-refractivity contribution in [3.05, 3.63) is 35.4 Å². The Bertz CT molecular complexity index is 591. The molecule has 0 saturated heterocycles. The van der Waals surface area contributed by atoms with Gasteiger partial charge in [-0.2, -0.15) is 0 Å². The van der Waals surface area contributed by atoms with Crippen molar-refractivity contribution in [1.29, 1.82) is 0 Å². The number of halogens is 2. The molecule has 24 heavy (non-hydrogen) atoms. The number of hydrogen-bond acceptors (Lipinski definition) is 2. The van der Waals surface area contributed by atoms with Crippen molar-refractivity contribution in [3.8, 4) is 0 Å². The number of carboxylic acids is 1. The minimum atomic E-state index is -0.700. The normalized spacial score (nSPS) is 26.4. The first-order valence-electron chi connectivity index (χ1n) is 8.92. The molecule has 0 aliphatic heterocycles. The number of aliphatic carboxylic acids is 1. The van der Waals surface area contributed by atoms with E-state index >= 15 is 0 Å². The van der Waals surface area contributed by atoms with Crippen LogP contribution in [0, 0.1) is 17.6 Å². The van der Waals surface area contributed by atoms with E-state index in [1.807, 2.05) is 0 Å². The summed E-state index contributed by atoms with van der Waals surface area (Å²) in [5.41, 5.74) is 0.356. The van der Waals surface area contributed by atoms with Crippen molar-refractivity contribution in [2.45, 2.75) is 62.8 Å². The molecular formula is C19H25F2NO2. The highest BCUT2D eigenvalue weighted by atomic mass is 19.1. The fraction of sp³-hybridized carbons (Fsp3) is 0.632. The minimum Gasteiger partial charge on any atom is -0.481 e. The molecule has 2 N–H and O–H groups in total. The van der Waals surface area contributed by atoms with E-state index in [1.165, 1.54) is 6.07 Å². The Morgan fingerprint density at radius 1 is 1.17 bits per heavy atom. The van der Waals surface area contributed by atoms with E-state index in [4.69, 9.17) is 5.11 Å². The van der Waals surface area contributed by atoms with E-state index in [2.05, 4.69) is 5.32 Å². The average molecular weight is 337 g/mol. The standard InChI is InChI=1S/C19H25F2NO2/c20-14-5-8-16(17(21)11-14)19(9-1-2-10-19)12-22-15-6-3-13(4-7-15)18(23)24/h5,8,11,13,15,22H,1-4,6-7,9-10,12H2,(H,23,24). The van der Waals surface area contributed by atoms with Crippen LogP contribution >= 0.6 is 0 Å². The van der Waals surface area contributed by atoms with Crippen molar-refractivity contribution in [1.82, 2.24) is 5.32 Å². The summed E-state index contributed by atoms with van der Waals surface area (Å²) in [4.78, 5) is 11.0. The quantitative estimate of drug-likeness (QED) is 0.853. The van der Waals surface area contributed by atoms with Gasteiger partial charge >= 0.3 is 5.97 Å². The second-order valence-electron chi connectivity index (χ2n) is 7.38. The maximum absolute atomic E-state index is 14.3. The van der Waals surface area contributed by atoms with E-state index in [1.54, 1.807) is 6.07 Å². The van der Waals surface area contributed by atoms with Crippen LogP contribution in [0.2, 0.25) is 0 Å². The maximum atomic E-state index is 14.3. The van der Waals surface area contributed by atoms with Gasteiger partial charge < -0.3 is 10.4 Å². The second kappa shape index (κ2) is 7.18. The summed E-state index contributed by atoms with van der Waals surface area (Å²) in [7, 11) is 0. The van der Waals surface area contributed by atoms with Crippen LogP contribution in [-0.4, -0.2) is 23.7 Å². The molecule has 3 nitrogen and oxygen atoms in total. The molecule has 5 heteroatoms. The van der Waals surface area contributed by atoms with Gasteiger partial charge in [-0.3, -0.25) is 4.79 Å². The van der Waals surface area contributed by atoms with Crippen LogP contribution in [0.25, 0.3) is 0 Å². The first-order chi connectivity index (χ1) is 11.5. The number of carboxylic acid groups (broad SMARTS) is 1. The highest BCUT2D eigenvalue weighted by Crippen LogP contribution is 2.42. The zero-order valence-corrected chi connectivity index (χ0v) is 13.9. The molecule has 2 fully saturated rings. The number of carbonyl (C=O) groups is 1. The Labute approximate surface area is 141 Å². The van der Waals surface area contributed by atoms with Crippen LogP contribution in [0.1, 0.15) is 56.9 Å². The third-order valence-corrected chi connectivity index (χ3v) is 5.87. The van der Waals surface area contributed by atoms with Gasteiger partial charge in [0.25, 0.3) is 0 Å². The van der Waals surface area contributed by atoms with Crippen molar-refractivity contribution in [2.75, 3.05) is 6.54 Å². The zero-order chi connectivity index (χ0) is 17.2. The molecular weight excluding hydrogens is 312 g/mol. The average Bonchev–Trinajstić information content (AvgIpc) is 3.03. The van der Waals surface area contributed by atoms with Crippen LogP contribution in [0.15, 0.2) is 18.2 Å². The van der Waals surface area contributed by atoms with Gasteiger partial charge in [0, 0.05) is 24.1 Å². The molecule has 2 aliphatic rings. The highest BCUT2D eigenvalue weighted by Gasteiger charge is 2.38. The number of benzene rings is 1. The second-order valence-corrected chi connectivity index (χ2v) is 7.38. The summed E-state index contributed by atoms with van der Waals surface area (Å²) in [5.74, 6) is -1.91. The Balaban J connectivity index is 1.66. The fourth-order valence-electron chi connectivity index (χ4n) is 4.40. The van der Waals surface area contributed by atoms with E-state index in [0.29, 0.717) is 31.0 Å². The highest BCUT2D eigenvalue weighted by molar-refractivity contribution is 5.70. The summed E-state index contributed by atoms with van der Waals surface area (Å²) >= 11 is 0. The van der Waals surface area contributed by atoms with Crippen LogP contribution in [0.4, 0.5) is 8.78 Å². The fourth-order valence-corrected chi connectivity index (χ4v) is 4.40. The molecule has 0 aromatic heterocycles. The van der Waals surface area contributed by atoms with Gasteiger partial charge in [-0.05, 0) is 50.2 Å². The molecule has 0 heterocycles. The van der Waals surface area contributed by atoms with Gasteiger partial charge in [0.15, 0.2) is 0 Å². The molecule has 2 aliphatic carbocycles. The summed E-state index contributed by atoms with van der Waals surface area (Å²) in [5, 5.41) is 12.6. The smallest absolute Gasteiger partial charge is 0.306 e. The summed E-state index contributed by atoms with van der Waals surface area (Å²) in [6.07, 6.45) is 7.03. The molecule has 0 bridgehead atoms. The van der Waals surface area contributed by atoms with Crippen LogP contribution < -0.4 is 5.32 Å². The van der Waals surface area contributed by atoms with Crippen LogP contribution in [-0.2, 0) is 10.2 Å². The lowest BCUT2D eigenvalue weighted by molar-refractivity contribution is -0.142. The number of rotatable bonds is 5. The lowest BCUT2D eigenvalue weighted by Gasteiger charge is -2.34. The maximum Gasteiger partial charge on any atom is 0.306 e. The molecule has 0 atom stereocenters. The minimum absolute atomic E-state index is 0.224. The van der Waals surface area contributed by atoms with E-state index in [-0.39, 0.29) is 11.3 Å². The van der Waals surface area contributed by atoms with Gasteiger partial charge in [-0.15, -0.1) is 0 Å². The van der Waals surface area contributed by atoms with Gasteiger partial charge in [0.05, 0.1) is 5.92 Å². The van der Waals surface area contributed by atoms with E-state index in [0.717, 1.165) is 44.6 Å². The predicted molar refractivity (Wildman–Crippen MR) is 87.9 cm³/mol. The Kier molecular flexibility index (Phi) is 5.18. The third-order valence-electron chi connectivity index (χ3n) is 5.87. The first kappa shape index (κ1) is 17.3. The SMILES string of the molecule is O=C(O)C1CCC(NCC2(c3ccc(F)cc3F)CCCC2)CC1. The monoisotopic (exact) mass is 337 g/mol. The van der Waals surface area contributed by atoms with Gasteiger partial charge in [-0.25, -0.2) is 8.78 Å². The lowest BCUT2D eigenvalue weighted by atomic mass is 9.77. The largest absolute Gasteiger partial charge is 0.481 e. The van der Waals surface area contributed by atoms with Crippen LogP contribution in [0.3, 0.4) is 0 Å². The Morgan fingerprint density at radius 2 is 1.83 bits per heavy atom. The third kappa shape index (κ3) is 3.61. The van der Waals surface area contributed by atoms with Gasteiger partial charge in [-0.1, -0.05) is 18.9 Å². The predicted octanol–water partition coefficient (Wildman–Crippen LogP) is 4.01. The lowest BCUT2D eigenvalue weighted by Crippen LogP contribution is -2.43. The molecule has 0 radical (unpaired) electrons. The molecule has 1 aromatic rings. The van der Waals surface area contributed by atoms with Gasteiger partial charge in [0.1, 0.15) is 11.6 Å².